The topological polar surface area (TPSA) is 47.3 Å². The number of halogens is 1. The number of anilines is 1. The Labute approximate surface area is 128 Å². The van der Waals surface area contributed by atoms with E-state index in [1.54, 1.807) is 0 Å². The molecule has 1 saturated carbocycles. The van der Waals surface area contributed by atoms with Gasteiger partial charge in [0.1, 0.15) is 4.99 Å². The summed E-state index contributed by atoms with van der Waals surface area (Å²) >= 11 is 8.48. The van der Waals surface area contributed by atoms with Crippen molar-refractivity contribution in [2.45, 2.75) is 31.8 Å². The fourth-order valence-corrected chi connectivity index (χ4v) is 2.87. The molecule has 0 aromatic heterocycles. The smallest absolute Gasteiger partial charge is 0.106 e. The van der Waals surface area contributed by atoms with Crippen molar-refractivity contribution < 1.29 is 4.74 Å². The molecule has 0 radical (unpaired) electrons. The number of nitrogens with one attached hydrogen (secondary N) is 1. The predicted molar refractivity (Wildman–Crippen MR) is 86.7 cm³/mol. The molecule has 104 valence electrons. The van der Waals surface area contributed by atoms with Crippen molar-refractivity contribution in [1.29, 1.82) is 0 Å². The highest BCUT2D eigenvalue weighted by atomic mass is 79.9. The first-order valence-electron chi connectivity index (χ1n) is 6.61. The minimum Gasteiger partial charge on any atom is -0.389 e. The molecule has 1 fully saturated rings. The van der Waals surface area contributed by atoms with E-state index in [0.29, 0.717) is 11.1 Å². The van der Waals surface area contributed by atoms with Crippen LogP contribution in [-0.4, -0.2) is 24.2 Å². The summed E-state index contributed by atoms with van der Waals surface area (Å²) in [5.41, 5.74) is 7.56. The largest absolute Gasteiger partial charge is 0.389 e. The van der Waals surface area contributed by atoms with Crippen LogP contribution in [-0.2, 0) is 4.74 Å². The van der Waals surface area contributed by atoms with Crippen molar-refractivity contribution in [2.75, 3.05) is 18.5 Å². The van der Waals surface area contributed by atoms with Crippen molar-refractivity contribution in [1.82, 2.24) is 0 Å². The molecule has 1 aromatic rings. The molecule has 5 heteroatoms. The van der Waals surface area contributed by atoms with Gasteiger partial charge in [-0.2, -0.15) is 0 Å². The van der Waals surface area contributed by atoms with E-state index in [4.69, 9.17) is 22.7 Å². The molecule has 0 unspecified atom stereocenters. The third-order valence-corrected chi connectivity index (χ3v) is 4.03. The van der Waals surface area contributed by atoms with Gasteiger partial charge in [0.15, 0.2) is 0 Å². The van der Waals surface area contributed by atoms with E-state index in [9.17, 15) is 0 Å². The fourth-order valence-electron chi connectivity index (χ4n) is 2.34. The Balaban J connectivity index is 1.83. The number of nitrogens with two attached hydrogens (primary N) is 1. The molecular weight excluding hydrogens is 324 g/mol. The van der Waals surface area contributed by atoms with Crippen LogP contribution in [0.4, 0.5) is 5.69 Å². The van der Waals surface area contributed by atoms with Gasteiger partial charge in [-0.25, -0.2) is 0 Å². The second kappa shape index (κ2) is 7.22. The summed E-state index contributed by atoms with van der Waals surface area (Å²) in [6, 6.07) is 5.89. The van der Waals surface area contributed by atoms with E-state index in [2.05, 4.69) is 21.2 Å². The Hall–Kier alpha value is -0.650. The molecule has 3 N–H and O–H groups in total. The molecule has 0 heterocycles. The number of hydrogen-bond donors (Lipinski definition) is 2. The molecule has 1 aliphatic rings. The summed E-state index contributed by atoms with van der Waals surface area (Å²) in [5, 5.41) is 3.33. The molecule has 3 nitrogen and oxygen atoms in total. The Morgan fingerprint density at radius 3 is 2.84 bits per heavy atom. The molecule has 0 amide bonds. The van der Waals surface area contributed by atoms with Crippen molar-refractivity contribution in [3.8, 4) is 0 Å². The number of ether oxygens (including phenoxy) is 1. The van der Waals surface area contributed by atoms with Gasteiger partial charge in [0.05, 0.1) is 12.7 Å². The normalized spacial score (nSPS) is 15.6. The summed E-state index contributed by atoms with van der Waals surface area (Å²) in [4.78, 5) is 0.403. The zero-order valence-corrected chi connectivity index (χ0v) is 13.2. The highest BCUT2D eigenvalue weighted by Gasteiger charge is 2.14. The van der Waals surface area contributed by atoms with Crippen LogP contribution in [0.5, 0.6) is 0 Å². The summed E-state index contributed by atoms with van der Waals surface area (Å²) in [6.45, 7) is 1.49. The summed E-state index contributed by atoms with van der Waals surface area (Å²) in [5.74, 6) is 0. The Morgan fingerprint density at radius 1 is 1.42 bits per heavy atom. The van der Waals surface area contributed by atoms with E-state index < -0.39 is 0 Å². The minimum atomic E-state index is 0.403. The first kappa shape index (κ1) is 14.8. The first-order valence-corrected chi connectivity index (χ1v) is 7.82. The van der Waals surface area contributed by atoms with E-state index >= 15 is 0 Å². The second-order valence-electron chi connectivity index (χ2n) is 4.76. The Morgan fingerprint density at radius 2 is 2.16 bits per heavy atom. The minimum absolute atomic E-state index is 0.403. The molecule has 0 bridgehead atoms. The Bertz CT molecular complexity index is 447. The maximum atomic E-state index is 5.81. The van der Waals surface area contributed by atoms with Crippen molar-refractivity contribution in [2.24, 2.45) is 5.73 Å². The quantitative estimate of drug-likeness (QED) is 0.614. The summed E-state index contributed by atoms with van der Waals surface area (Å²) in [6.07, 6.45) is 5.47. The Kier molecular flexibility index (Phi) is 5.60. The van der Waals surface area contributed by atoms with Gasteiger partial charge in [-0.1, -0.05) is 41.0 Å². The molecule has 1 aromatic carbocycles. The number of rotatable bonds is 6. The van der Waals surface area contributed by atoms with Crippen LogP contribution in [0.15, 0.2) is 22.7 Å². The molecule has 0 atom stereocenters. The van der Waals surface area contributed by atoms with Gasteiger partial charge in [0.2, 0.25) is 0 Å². The SMILES string of the molecule is NC(=S)c1cc(Br)ccc1NCCOC1CCCC1. The van der Waals surface area contributed by atoms with Crippen LogP contribution < -0.4 is 11.1 Å². The van der Waals surface area contributed by atoms with Crippen LogP contribution in [0, 0.1) is 0 Å². The van der Waals surface area contributed by atoms with Crippen LogP contribution in [0.25, 0.3) is 0 Å². The van der Waals surface area contributed by atoms with E-state index in [1.807, 2.05) is 18.2 Å². The van der Waals surface area contributed by atoms with Gasteiger partial charge in [-0.05, 0) is 31.0 Å². The number of thiocarbonyl (C=S) groups is 1. The molecule has 0 saturated heterocycles. The molecule has 0 spiro atoms. The monoisotopic (exact) mass is 342 g/mol. The molecule has 1 aliphatic carbocycles. The highest BCUT2D eigenvalue weighted by Crippen LogP contribution is 2.22. The van der Waals surface area contributed by atoms with Crippen molar-refractivity contribution >= 4 is 38.8 Å². The van der Waals surface area contributed by atoms with E-state index in [0.717, 1.165) is 28.9 Å². The van der Waals surface area contributed by atoms with Crippen LogP contribution >= 0.6 is 28.1 Å². The number of hydrogen-bond acceptors (Lipinski definition) is 3. The zero-order chi connectivity index (χ0) is 13.7. The van der Waals surface area contributed by atoms with E-state index in [-0.39, 0.29) is 0 Å². The van der Waals surface area contributed by atoms with Gasteiger partial charge in [-0.15, -0.1) is 0 Å². The molecule has 2 rings (SSSR count). The van der Waals surface area contributed by atoms with E-state index in [1.165, 1.54) is 25.7 Å². The van der Waals surface area contributed by atoms with Crippen LogP contribution in [0.2, 0.25) is 0 Å². The summed E-state index contributed by atoms with van der Waals surface area (Å²) < 4.78 is 6.79. The lowest BCUT2D eigenvalue weighted by Crippen LogP contribution is -2.18. The maximum Gasteiger partial charge on any atom is 0.106 e. The predicted octanol–water partition coefficient (Wildman–Crippen LogP) is 3.45. The standard InChI is InChI=1S/C14H19BrN2OS/c15-10-5-6-13(12(9-10)14(16)19)17-7-8-18-11-3-1-2-4-11/h5-6,9,11,17H,1-4,7-8H2,(H2,16,19). The highest BCUT2D eigenvalue weighted by molar-refractivity contribution is 9.10. The summed E-state index contributed by atoms with van der Waals surface area (Å²) in [7, 11) is 0. The lowest BCUT2D eigenvalue weighted by Gasteiger charge is -2.14. The third-order valence-electron chi connectivity index (χ3n) is 3.32. The lowest BCUT2D eigenvalue weighted by atomic mass is 10.2. The molecule has 19 heavy (non-hydrogen) atoms. The molecule has 0 aliphatic heterocycles. The zero-order valence-electron chi connectivity index (χ0n) is 10.8. The van der Waals surface area contributed by atoms with Gasteiger partial charge in [-0.3, -0.25) is 0 Å². The second-order valence-corrected chi connectivity index (χ2v) is 6.11. The average molecular weight is 343 g/mol. The number of benzene rings is 1. The maximum absolute atomic E-state index is 5.81. The third kappa shape index (κ3) is 4.44. The molecular formula is C14H19BrN2OS. The lowest BCUT2D eigenvalue weighted by molar-refractivity contribution is 0.0659. The van der Waals surface area contributed by atoms with Crippen LogP contribution in [0.3, 0.4) is 0 Å². The average Bonchev–Trinajstić information content (AvgIpc) is 2.89. The van der Waals surface area contributed by atoms with Crippen molar-refractivity contribution in [3.63, 3.8) is 0 Å². The van der Waals surface area contributed by atoms with Gasteiger partial charge < -0.3 is 15.8 Å². The van der Waals surface area contributed by atoms with Gasteiger partial charge >= 0.3 is 0 Å². The van der Waals surface area contributed by atoms with Gasteiger partial charge in [0, 0.05) is 22.3 Å². The van der Waals surface area contributed by atoms with Crippen LogP contribution in [0.1, 0.15) is 31.2 Å². The first-order chi connectivity index (χ1) is 9.16. The fraction of sp³-hybridized carbons (Fsp3) is 0.500. The van der Waals surface area contributed by atoms with Gasteiger partial charge in [0.25, 0.3) is 0 Å². The van der Waals surface area contributed by atoms with Crippen molar-refractivity contribution in [3.05, 3.63) is 28.2 Å².